The molecule has 1 N–H and O–H groups in total. The van der Waals surface area contributed by atoms with E-state index in [1.165, 1.54) is 23.5 Å². The van der Waals surface area contributed by atoms with E-state index in [1.54, 1.807) is 12.1 Å². The Hall–Kier alpha value is -2.38. The van der Waals surface area contributed by atoms with E-state index in [9.17, 15) is 13.2 Å². The number of sulfonamides is 1. The molecule has 3 rings (SSSR count). The third-order valence-electron chi connectivity index (χ3n) is 5.20. The molecule has 0 aliphatic carbocycles. The molecule has 0 aromatic heterocycles. The highest BCUT2D eigenvalue weighted by Gasteiger charge is 2.41. The minimum Gasteiger partial charge on any atom is -0.497 e. The molecule has 1 heterocycles. The summed E-state index contributed by atoms with van der Waals surface area (Å²) in [7, 11) is -2.13. The van der Waals surface area contributed by atoms with Gasteiger partial charge in [0.25, 0.3) is 0 Å². The van der Waals surface area contributed by atoms with E-state index in [-0.39, 0.29) is 17.3 Å². The summed E-state index contributed by atoms with van der Waals surface area (Å²) in [5.74, 6) is 0.480. The molecule has 28 heavy (non-hydrogen) atoms. The number of ether oxygens (including phenoxy) is 1. The van der Waals surface area contributed by atoms with Gasteiger partial charge in [-0.05, 0) is 49.6 Å². The van der Waals surface area contributed by atoms with Gasteiger partial charge in [-0.3, -0.25) is 4.79 Å². The fraction of sp³-hybridized carbons (Fsp3) is 0.381. The first kappa shape index (κ1) is 20.4. The fourth-order valence-corrected chi connectivity index (χ4v) is 5.07. The topological polar surface area (TPSA) is 75.7 Å². The van der Waals surface area contributed by atoms with Crippen LogP contribution in [0.4, 0.5) is 0 Å². The van der Waals surface area contributed by atoms with Crippen molar-refractivity contribution < 1.29 is 17.9 Å². The second-order valence-corrected chi connectivity index (χ2v) is 9.28. The van der Waals surface area contributed by atoms with E-state index in [2.05, 4.69) is 5.32 Å². The molecule has 150 valence electrons. The molecule has 6 nitrogen and oxygen atoms in total. The number of carbonyl (C=O) groups is 1. The third-order valence-corrected chi connectivity index (χ3v) is 7.06. The highest BCUT2D eigenvalue weighted by molar-refractivity contribution is 7.89. The first-order chi connectivity index (χ1) is 13.3. The second-order valence-electron chi connectivity index (χ2n) is 7.35. The Bertz CT molecular complexity index is 913. The van der Waals surface area contributed by atoms with Crippen LogP contribution in [0.3, 0.4) is 0 Å². The van der Waals surface area contributed by atoms with Gasteiger partial charge in [0.05, 0.1) is 17.4 Å². The van der Waals surface area contributed by atoms with Crippen LogP contribution in [-0.2, 0) is 21.4 Å². The summed E-state index contributed by atoms with van der Waals surface area (Å²) in [6.45, 7) is 2.85. The van der Waals surface area contributed by atoms with Crippen molar-refractivity contribution in [3.63, 3.8) is 0 Å². The number of nitrogens with one attached hydrogen (secondary N) is 1. The zero-order valence-corrected chi connectivity index (χ0v) is 17.0. The lowest BCUT2D eigenvalue weighted by Crippen LogP contribution is -2.51. The largest absolute Gasteiger partial charge is 0.497 e. The van der Waals surface area contributed by atoms with Crippen LogP contribution in [0.1, 0.15) is 25.3 Å². The molecule has 1 amide bonds. The van der Waals surface area contributed by atoms with Crippen LogP contribution in [-0.4, -0.2) is 38.8 Å². The first-order valence-electron chi connectivity index (χ1n) is 9.32. The monoisotopic (exact) mass is 402 g/mol. The van der Waals surface area contributed by atoms with Crippen LogP contribution in [0.25, 0.3) is 0 Å². The predicted octanol–water partition coefficient (Wildman–Crippen LogP) is 2.80. The molecule has 1 atom stereocenters. The van der Waals surface area contributed by atoms with Crippen molar-refractivity contribution in [2.75, 3.05) is 20.2 Å². The van der Waals surface area contributed by atoms with Crippen LogP contribution in [0.15, 0.2) is 59.5 Å². The van der Waals surface area contributed by atoms with E-state index in [1.807, 2.05) is 37.3 Å². The molecule has 0 spiro atoms. The normalized spacial score (nSPS) is 20.5. The molecule has 0 bridgehead atoms. The fourth-order valence-electron chi connectivity index (χ4n) is 3.47. The van der Waals surface area contributed by atoms with Gasteiger partial charge in [0.15, 0.2) is 0 Å². The van der Waals surface area contributed by atoms with Gasteiger partial charge in [-0.2, -0.15) is 4.31 Å². The lowest BCUT2D eigenvalue weighted by Gasteiger charge is -2.38. The number of amides is 1. The van der Waals surface area contributed by atoms with Gasteiger partial charge in [0.2, 0.25) is 15.9 Å². The van der Waals surface area contributed by atoms with Crippen LogP contribution in [0.5, 0.6) is 5.75 Å². The van der Waals surface area contributed by atoms with E-state index >= 15 is 0 Å². The average Bonchev–Trinajstić information content (AvgIpc) is 2.72. The number of methoxy groups -OCH3 is 1. The summed E-state index contributed by atoms with van der Waals surface area (Å²) in [6, 6.07) is 16.0. The molecule has 0 radical (unpaired) electrons. The van der Waals surface area contributed by atoms with Gasteiger partial charge in [-0.25, -0.2) is 8.42 Å². The van der Waals surface area contributed by atoms with Gasteiger partial charge in [0, 0.05) is 19.6 Å². The van der Waals surface area contributed by atoms with Crippen LogP contribution in [0, 0.1) is 5.41 Å². The first-order valence-corrected chi connectivity index (χ1v) is 10.8. The zero-order chi connectivity index (χ0) is 20.2. The average molecular weight is 403 g/mol. The van der Waals surface area contributed by atoms with Gasteiger partial charge in [-0.15, -0.1) is 0 Å². The maximum atomic E-state index is 13.0. The number of carbonyl (C=O) groups excluding carboxylic acids is 1. The van der Waals surface area contributed by atoms with Gasteiger partial charge >= 0.3 is 0 Å². The number of hydrogen-bond acceptors (Lipinski definition) is 4. The number of piperidine rings is 1. The van der Waals surface area contributed by atoms with E-state index in [4.69, 9.17) is 4.74 Å². The van der Waals surface area contributed by atoms with Crippen molar-refractivity contribution >= 4 is 15.9 Å². The highest BCUT2D eigenvalue weighted by atomic mass is 32.2. The van der Waals surface area contributed by atoms with Gasteiger partial charge in [0.1, 0.15) is 5.75 Å². The quantitative estimate of drug-likeness (QED) is 0.806. The number of hydrogen-bond donors (Lipinski definition) is 1. The molecular weight excluding hydrogens is 376 g/mol. The summed E-state index contributed by atoms with van der Waals surface area (Å²) in [6.07, 6.45) is 1.30. The summed E-state index contributed by atoms with van der Waals surface area (Å²) < 4.78 is 32.6. The molecular formula is C21H26N2O4S. The Kier molecular flexibility index (Phi) is 6.05. The molecule has 1 fully saturated rings. The number of benzene rings is 2. The predicted molar refractivity (Wildman–Crippen MR) is 107 cm³/mol. The van der Waals surface area contributed by atoms with Gasteiger partial charge < -0.3 is 10.1 Å². The van der Waals surface area contributed by atoms with Crippen LogP contribution in [0.2, 0.25) is 0 Å². The van der Waals surface area contributed by atoms with Crippen LogP contribution >= 0.6 is 0 Å². The Morgan fingerprint density at radius 2 is 1.82 bits per heavy atom. The summed E-state index contributed by atoms with van der Waals surface area (Å²) in [5, 5.41) is 2.96. The van der Waals surface area contributed by atoms with Crippen molar-refractivity contribution in [3.05, 3.63) is 60.2 Å². The smallest absolute Gasteiger partial charge is 0.243 e. The minimum absolute atomic E-state index is 0.119. The van der Waals surface area contributed by atoms with E-state index in [0.29, 0.717) is 31.7 Å². The Balaban J connectivity index is 1.71. The lowest BCUT2D eigenvalue weighted by atomic mass is 9.82. The highest BCUT2D eigenvalue weighted by Crippen LogP contribution is 2.33. The molecule has 1 unspecified atom stereocenters. The molecule has 2 aromatic carbocycles. The van der Waals surface area contributed by atoms with Gasteiger partial charge in [-0.1, -0.05) is 30.3 Å². The van der Waals surface area contributed by atoms with Crippen molar-refractivity contribution in [1.82, 2.24) is 9.62 Å². The molecule has 1 saturated heterocycles. The second kappa shape index (κ2) is 8.32. The Labute approximate surface area is 166 Å². The van der Waals surface area contributed by atoms with Crippen molar-refractivity contribution in [3.8, 4) is 5.75 Å². The Morgan fingerprint density at radius 3 is 2.46 bits per heavy atom. The SMILES string of the molecule is COc1ccc(S(=O)(=O)N2CCCC(C)(C(=O)NCc3ccccc3)C2)cc1. The number of rotatable bonds is 6. The van der Waals surface area contributed by atoms with Crippen molar-refractivity contribution in [2.24, 2.45) is 5.41 Å². The molecule has 2 aromatic rings. The van der Waals surface area contributed by atoms with E-state index in [0.717, 1.165) is 5.56 Å². The standard InChI is InChI=1S/C21H26N2O4S/c1-21(20(24)22-15-17-7-4-3-5-8-17)13-6-14-23(16-21)28(25,26)19-11-9-18(27-2)10-12-19/h3-5,7-12H,6,13-16H2,1-2H3,(H,22,24). The molecule has 1 aliphatic heterocycles. The maximum absolute atomic E-state index is 13.0. The molecule has 1 aliphatic rings. The van der Waals surface area contributed by atoms with E-state index < -0.39 is 15.4 Å². The third kappa shape index (κ3) is 4.36. The lowest BCUT2D eigenvalue weighted by molar-refractivity contribution is -0.132. The molecule has 7 heteroatoms. The number of nitrogens with zero attached hydrogens (tertiary/aromatic N) is 1. The van der Waals surface area contributed by atoms with Crippen molar-refractivity contribution in [1.29, 1.82) is 0 Å². The zero-order valence-electron chi connectivity index (χ0n) is 16.2. The Morgan fingerprint density at radius 1 is 1.14 bits per heavy atom. The minimum atomic E-state index is -3.66. The summed E-state index contributed by atoms with van der Waals surface area (Å²) >= 11 is 0. The summed E-state index contributed by atoms with van der Waals surface area (Å²) in [5.41, 5.74) is 0.255. The van der Waals surface area contributed by atoms with Crippen LogP contribution < -0.4 is 10.1 Å². The summed E-state index contributed by atoms with van der Waals surface area (Å²) in [4.78, 5) is 13.0. The molecule has 0 saturated carbocycles. The maximum Gasteiger partial charge on any atom is 0.243 e. The van der Waals surface area contributed by atoms with Crippen molar-refractivity contribution in [2.45, 2.75) is 31.2 Å².